The fourth-order valence-corrected chi connectivity index (χ4v) is 5.25. The van der Waals surface area contributed by atoms with Crippen LogP contribution in [-0.4, -0.2) is 30.1 Å². The molecule has 7 heteroatoms. The molecular weight excluding hydrogens is 342 g/mol. The third-order valence-corrected chi connectivity index (χ3v) is 6.14. The van der Waals surface area contributed by atoms with Gasteiger partial charge in [0.15, 0.2) is 0 Å². The number of allylic oxidation sites excluding steroid dienone is 2. The Morgan fingerprint density at radius 1 is 1.20 bits per heavy atom. The molecule has 0 radical (unpaired) electrons. The first-order chi connectivity index (χ1) is 11.9. The highest BCUT2D eigenvalue weighted by atomic mass is 32.1. The van der Waals surface area contributed by atoms with Crippen LogP contribution in [0.3, 0.4) is 0 Å². The van der Waals surface area contributed by atoms with Gasteiger partial charge in [-0.05, 0) is 50.0 Å². The van der Waals surface area contributed by atoms with E-state index >= 15 is 0 Å². The van der Waals surface area contributed by atoms with Crippen LogP contribution in [0, 0.1) is 23.7 Å². The van der Waals surface area contributed by atoms with Gasteiger partial charge in [-0.25, -0.2) is 4.79 Å². The number of nitrogens with one attached hydrogen (secondary N) is 1. The van der Waals surface area contributed by atoms with E-state index in [-0.39, 0.29) is 17.7 Å². The van der Waals surface area contributed by atoms with E-state index in [9.17, 15) is 19.5 Å². The molecule has 2 saturated carbocycles. The molecular formula is C18H21NO5S. The number of esters is 1. The maximum Gasteiger partial charge on any atom is 0.340 e. The summed E-state index contributed by atoms with van der Waals surface area (Å²) in [4.78, 5) is 36.5. The summed E-state index contributed by atoms with van der Waals surface area (Å²) in [5, 5.41) is 14.6. The number of carbonyl (C=O) groups is 3. The van der Waals surface area contributed by atoms with Gasteiger partial charge in [-0.1, -0.05) is 11.1 Å². The van der Waals surface area contributed by atoms with Gasteiger partial charge in [0, 0.05) is 0 Å². The van der Waals surface area contributed by atoms with Crippen molar-refractivity contribution in [2.75, 3.05) is 12.4 Å². The number of fused-ring (bicyclic) bond motifs is 2. The number of methoxy groups -OCH3 is 1. The summed E-state index contributed by atoms with van der Waals surface area (Å²) in [7, 11) is 1.28. The van der Waals surface area contributed by atoms with Gasteiger partial charge in [0.25, 0.3) is 0 Å². The molecule has 2 bridgehead atoms. The Hall–Kier alpha value is -2.15. The summed E-state index contributed by atoms with van der Waals surface area (Å²) in [5.41, 5.74) is 2.53. The van der Waals surface area contributed by atoms with Crippen LogP contribution in [0.2, 0.25) is 0 Å². The molecule has 1 aromatic rings. The molecule has 2 aliphatic rings. The fraction of sp³-hybridized carbons (Fsp3) is 0.500. The highest BCUT2D eigenvalue weighted by molar-refractivity contribution is 7.14. The molecule has 1 amide bonds. The Morgan fingerprint density at radius 3 is 2.40 bits per heavy atom. The fourth-order valence-electron chi connectivity index (χ4n) is 4.48. The lowest BCUT2D eigenvalue weighted by Gasteiger charge is -2.26. The molecule has 1 aromatic heterocycles. The largest absolute Gasteiger partial charge is 0.481 e. The summed E-state index contributed by atoms with van der Waals surface area (Å²) in [6.07, 6.45) is 1.65. The Labute approximate surface area is 149 Å². The molecule has 0 aromatic carbocycles. The highest BCUT2D eigenvalue weighted by Crippen LogP contribution is 2.57. The number of carboxylic acids is 1. The van der Waals surface area contributed by atoms with Gasteiger partial charge < -0.3 is 15.2 Å². The normalized spacial score (nSPS) is 27.2. The SMILES string of the molecule is COC(=O)c1ccsc1NC(=O)[C@H]1[C@H](C(=O)O)[C@H]2CC[C@H]1C2=C(C)C. The first-order valence-corrected chi connectivity index (χ1v) is 9.11. The van der Waals surface area contributed by atoms with Crippen molar-refractivity contribution in [3.05, 3.63) is 28.2 Å². The van der Waals surface area contributed by atoms with E-state index < -0.39 is 23.8 Å². The number of hydrogen-bond acceptors (Lipinski definition) is 5. The number of amides is 1. The predicted molar refractivity (Wildman–Crippen MR) is 93.5 cm³/mol. The van der Waals surface area contributed by atoms with Gasteiger partial charge in [0.2, 0.25) is 5.91 Å². The third-order valence-electron chi connectivity index (χ3n) is 5.31. The first kappa shape index (κ1) is 17.7. The van der Waals surface area contributed by atoms with Crippen LogP contribution in [-0.2, 0) is 14.3 Å². The second kappa shape index (κ2) is 6.63. The molecule has 3 rings (SSSR count). The van der Waals surface area contributed by atoms with Gasteiger partial charge in [0.05, 0.1) is 24.5 Å². The van der Waals surface area contributed by atoms with Crippen LogP contribution in [0.5, 0.6) is 0 Å². The number of ether oxygens (including phenoxy) is 1. The number of carbonyl (C=O) groups excluding carboxylic acids is 2. The first-order valence-electron chi connectivity index (χ1n) is 8.23. The Morgan fingerprint density at radius 2 is 1.84 bits per heavy atom. The molecule has 2 N–H and O–H groups in total. The molecule has 0 spiro atoms. The van der Waals surface area contributed by atoms with Gasteiger partial charge in [-0.2, -0.15) is 0 Å². The lowest BCUT2D eigenvalue weighted by molar-refractivity contribution is -0.148. The van der Waals surface area contributed by atoms with Crippen molar-refractivity contribution >= 4 is 34.2 Å². The average molecular weight is 363 g/mol. The number of carboxylic acid groups (broad SMARTS) is 1. The molecule has 1 heterocycles. The van der Waals surface area contributed by atoms with Crippen molar-refractivity contribution < 1.29 is 24.2 Å². The molecule has 0 saturated heterocycles. The summed E-state index contributed by atoms with van der Waals surface area (Å²) in [5.74, 6) is -3.18. The molecule has 0 aliphatic heterocycles. The molecule has 0 unspecified atom stereocenters. The van der Waals surface area contributed by atoms with Crippen LogP contribution in [0.15, 0.2) is 22.6 Å². The lowest BCUT2D eigenvalue weighted by Crippen LogP contribution is -2.37. The number of rotatable bonds is 4. The Bertz CT molecular complexity index is 761. The van der Waals surface area contributed by atoms with E-state index in [2.05, 4.69) is 5.32 Å². The molecule has 134 valence electrons. The molecule has 2 fully saturated rings. The minimum atomic E-state index is -0.925. The zero-order valence-corrected chi connectivity index (χ0v) is 15.2. The molecule has 2 aliphatic carbocycles. The smallest absolute Gasteiger partial charge is 0.340 e. The van der Waals surface area contributed by atoms with Gasteiger partial charge in [-0.3, -0.25) is 9.59 Å². The van der Waals surface area contributed by atoms with Gasteiger partial charge in [-0.15, -0.1) is 11.3 Å². The van der Waals surface area contributed by atoms with E-state index in [0.29, 0.717) is 10.6 Å². The summed E-state index contributed by atoms with van der Waals surface area (Å²) < 4.78 is 4.71. The van der Waals surface area contributed by atoms with Crippen molar-refractivity contribution in [3.63, 3.8) is 0 Å². The minimum absolute atomic E-state index is 0.0300. The lowest BCUT2D eigenvalue weighted by atomic mass is 9.79. The Balaban J connectivity index is 1.89. The van der Waals surface area contributed by atoms with Crippen LogP contribution in [0.1, 0.15) is 37.0 Å². The van der Waals surface area contributed by atoms with E-state index in [4.69, 9.17) is 4.74 Å². The number of anilines is 1. The van der Waals surface area contributed by atoms with E-state index in [1.807, 2.05) is 13.8 Å². The zero-order valence-electron chi connectivity index (χ0n) is 14.4. The predicted octanol–water partition coefficient (Wildman–Crippen LogP) is 3.17. The van der Waals surface area contributed by atoms with E-state index in [1.165, 1.54) is 18.4 Å². The molecule has 4 atom stereocenters. The summed E-state index contributed by atoms with van der Waals surface area (Å²) in [6.45, 7) is 3.96. The van der Waals surface area contributed by atoms with Crippen LogP contribution >= 0.6 is 11.3 Å². The van der Waals surface area contributed by atoms with Crippen molar-refractivity contribution in [1.29, 1.82) is 0 Å². The monoisotopic (exact) mass is 363 g/mol. The average Bonchev–Trinajstić information content (AvgIpc) is 3.26. The van der Waals surface area contributed by atoms with E-state index in [0.717, 1.165) is 24.0 Å². The number of thiophene rings is 1. The zero-order chi connectivity index (χ0) is 18.3. The topological polar surface area (TPSA) is 92.7 Å². The van der Waals surface area contributed by atoms with Crippen molar-refractivity contribution in [2.45, 2.75) is 26.7 Å². The summed E-state index contributed by atoms with van der Waals surface area (Å²) >= 11 is 1.22. The molecule has 25 heavy (non-hydrogen) atoms. The maximum absolute atomic E-state index is 12.9. The number of aliphatic carboxylic acids is 1. The van der Waals surface area contributed by atoms with Crippen molar-refractivity contribution in [2.24, 2.45) is 23.7 Å². The van der Waals surface area contributed by atoms with Crippen LogP contribution < -0.4 is 5.32 Å². The quantitative estimate of drug-likeness (QED) is 0.633. The van der Waals surface area contributed by atoms with Crippen LogP contribution in [0.25, 0.3) is 0 Å². The molecule has 6 nitrogen and oxygen atoms in total. The maximum atomic E-state index is 12.9. The van der Waals surface area contributed by atoms with Crippen LogP contribution in [0.4, 0.5) is 5.00 Å². The second-order valence-corrected chi connectivity index (χ2v) is 7.70. The van der Waals surface area contributed by atoms with E-state index in [1.54, 1.807) is 11.4 Å². The number of hydrogen-bond donors (Lipinski definition) is 2. The minimum Gasteiger partial charge on any atom is -0.481 e. The second-order valence-electron chi connectivity index (χ2n) is 6.78. The Kier molecular flexibility index (Phi) is 4.69. The standard InChI is InChI=1S/C18H21NO5S/c1-8(2)12-9-4-5-10(12)14(17(21)22)13(9)15(20)19-16-11(6-7-25-16)18(23)24-3/h6-7,9-10,13-14H,4-5H2,1-3H3,(H,19,20)(H,21,22)/t9-,10-,13+,14+/m0/s1. The third kappa shape index (κ3) is 2.86. The van der Waals surface area contributed by atoms with Gasteiger partial charge in [0.1, 0.15) is 5.00 Å². The van der Waals surface area contributed by atoms with Gasteiger partial charge >= 0.3 is 11.9 Å². The van der Waals surface area contributed by atoms with Crippen molar-refractivity contribution in [1.82, 2.24) is 0 Å². The highest BCUT2D eigenvalue weighted by Gasteiger charge is 2.57. The summed E-state index contributed by atoms with van der Waals surface area (Å²) in [6, 6.07) is 1.59. The van der Waals surface area contributed by atoms with Crippen molar-refractivity contribution in [3.8, 4) is 0 Å².